The summed E-state index contributed by atoms with van der Waals surface area (Å²) in [7, 11) is 0. The number of benzene rings is 1. The van der Waals surface area contributed by atoms with Crippen molar-refractivity contribution in [1.82, 2.24) is 15.0 Å². The second kappa shape index (κ2) is 7.03. The van der Waals surface area contributed by atoms with Crippen LogP contribution in [0.2, 0.25) is 5.02 Å². The number of rotatable bonds is 6. The Labute approximate surface area is 124 Å². The standard InChI is InChI=1S/C12H13ClFN3O2S/c13-11-3-9(1-2-12(11)14)17-4-8(15-16-17)6-20-7-10(19)5-18/h1-4,10,18-19H,5-7H2/t10-/m1/s1. The van der Waals surface area contributed by atoms with E-state index in [9.17, 15) is 9.50 Å². The highest BCUT2D eigenvalue weighted by atomic mass is 35.5. The molecule has 0 saturated heterocycles. The fraction of sp³-hybridized carbons (Fsp3) is 0.333. The van der Waals surface area contributed by atoms with Crippen LogP contribution in [0, 0.1) is 5.82 Å². The minimum absolute atomic E-state index is 0.0278. The molecule has 1 aromatic heterocycles. The molecular formula is C12H13ClFN3O2S. The van der Waals surface area contributed by atoms with Gasteiger partial charge in [0.05, 0.1) is 35.3 Å². The third kappa shape index (κ3) is 3.92. The lowest BCUT2D eigenvalue weighted by Gasteiger charge is -2.04. The van der Waals surface area contributed by atoms with Gasteiger partial charge in [0, 0.05) is 11.5 Å². The predicted octanol–water partition coefficient (Wildman–Crippen LogP) is 1.65. The fourth-order valence-electron chi connectivity index (χ4n) is 1.47. The van der Waals surface area contributed by atoms with E-state index in [1.165, 1.54) is 28.6 Å². The van der Waals surface area contributed by atoms with Crippen LogP contribution in [-0.4, -0.2) is 43.7 Å². The van der Waals surface area contributed by atoms with Crippen molar-refractivity contribution >= 4 is 23.4 Å². The molecule has 0 aliphatic heterocycles. The Bertz CT molecular complexity index is 582. The van der Waals surface area contributed by atoms with Gasteiger partial charge < -0.3 is 10.2 Å². The first-order valence-electron chi connectivity index (χ1n) is 5.83. The average Bonchev–Trinajstić information content (AvgIpc) is 2.90. The molecule has 0 bridgehead atoms. The van der Waals surface area contributed by atoms with Gasteiger partial charge in [-0.2, -0.15) is 11.8 Å². The van der Waals surface area contributed by atoms with E-state index in [1.54, 1.807) is 12.3 Å². The highest BCUT2D eigenvalue weighted by Crippen LogP contribution is 2.19. The second-order valence-electron chi connectivity index (χ2n) is 4.10. The van der Waals surface area contributed by atoms with Crippen LogP contribution in [0.5, 0.6) is 0 Å². The SMILES string of the molecule is OC[C@@H](O)CSCc1cn(-c2ccc(F)c(Cl)c2)nn1. The van der Waals surface area contributed by atoms with Gasteiger partial charge in [0.1, 0.15) is 5.82 Å². The van der Waals surface area contributed by atoms with Crippen molar-refractivity contribution in [2.24, 2.45) is 0 Å². The fourth-order valence-corrected chi connectivity index (χ4v) is 2.48. The van der Waals surface area contributed by atoms with Crippen molar-refractivity contribution in [2.75, 3.05) is 12.4 Å². The van der Waals surface area contributed by atoms with Crippen LogP contribution < -0.4 is 0 Å². The third-order valence-corrected chi connectivity index (χ3v) is 3.89. The minimum atomic E-state index is -0.731. The highest BCUT2D eigenvalue weighted by Gasteiger charge is 2.07. The summed E-state index contributed by atoms with van der Waals surface area (Å²) in [6.07, 6.45) is 0.980. The van der Waals surface area contributed by atoms with Gasteiger partial charge in [0.25, 0.3) is 0 Å². The molecule has 0 unspecified atom stereocenters. The van der Waals surface area contributed by atoms with E-state index in [1.807, 2.05) is 0 Å². The van der Waals surface area contributed by atoms with Gasteiger partial charge in [-0.15, -0.1) is 5.10 Å². The van der Waals surface area contributed by atoms with Crippen LogP contribution >= 0.6 is 23.4 Å². The molecule has 2 aromatic rings. The van der Waals surface area contributed by atoms with E-state index in [2.05, 4.69) is 10.3 Å². The van der Waals surface area contributed by atoms with Gasteiger partial charge in [-0.1, -0.05) is 16.8 Å². The van der Waals surface area contributed by atoms with E-state index in [0.717, 1.165) is 5.69 Å². The molecule has 0 aliphatic carbocycles. The lowest BCUT2D eigenvalue weighted by atomic mass is 10.3. The average molecular weight is 318 g/mol. The zero-order valence-corrected chi connectivity index (χ0v) is 12.0. The number of aliphatic hydroxyl groups is 2. The summed E-state index contributed by atoms with van der Waals surface area (Å²) >= 11 is 7.15. The number of nitrogens with zero attached hydrogens (tertiary/aromatic N) is 3. The van der Waals surface area contributed by atoms with Crippen molar-refractivity contribution in [2.45, 2.75) is 11.9 Å². The van der Waals surface area contributed by atoms with Crippen LogP contribution in [0.4, 0.5) is 4.39 Å². The summed E-state index contributed by atoms with van der Waals surface area (Å²) in [4.78, 5) is 0. The van der Waals surface area contributed by atoms with Crippen molar-refractivity contribution in [1.29, 1.82) is 0 Å². The third-order valence-electron chi connectivity index (χ3n) is 2.48. The zero-order chi connectivity index (χ0) is 14.5. The molecule has 108 valence electrons. The topological polar surface area (TPSA) is 71.2 Å². The lowest BCUT2D eigenvalue weighted by Crippen LogP contribution is -2.14. The summed E-state index contributed by atoms with van der Waals surface area (Å²) in [5.74, 6) is 0.502. The second-order valence-corrected chi connectivity index (χ2v) is 5.54. The maximum Gasteiger partial charge on any atom is 0.141 e. The van der Waals surface area contributed by atoms with Crippen molar-refractivity contribution in [3.05, 3.63) is 40.9 Å². The molecule has 8 heteroatoms. The highest BCUT2D eigenvalue weighted by molar-refractivity contribution is 7.98. The van der Waals surface area contributed by atoms with Crippen LogP contribution in [0.15, 0.2) is 24.4 Å². The summed E-state index contributed by atoms with van der Waals surface area (Å²) in [6, 6.07) is 4.30. The smallest absolute Gasteiger partial charge is 0.141 e. The molecule has 1 aromatic carbocycles. The molecule has 0 fully saturated rings. The van der Waals surface area contributed by atoms with E-state index in [4.69, 9.17) is 16.7 Å². The van der Waals surface area contributed by atoms with E-state index in [-0.39, 0.29) is 11.6 Å². The van der Waals surface area contributed by atoms with Crippen molar-refractivity contribution < 1.29 is 14.6 Å². The molecule has 0 aliphatic rings. The van der Waals surface area contributed by atoms with Crippen molar-refractivity contribution in [3.63, 3.8) is 0 Å². The van der Waals surface area contributed by atoms with Crippen LogP contribution in [0.25, 0.3) is 5.69 Å². The Morgan fingerprint density at radius 2 is 2.25 bits per heavy atom. The molecule has 2 rings (SSSR count). The summed E-state index contributed by atoms with van der Waals surface area (Å²) in [5.41, 5.74) is 1.34. The Balaban J connectivity index is 1.99. The normalized spacial score (nSPS) is 12.6. The van der Waals surface area contributed by atoms with E-state index in [0.29, 0.717) is 17.2 Å². The van der Waals surface area contributed by atoms with Gasteiger partial charge in [-0.25, -0.2) is 9.07 Å². The monoisotopic (exact) mass is 317 g/mol. The number of hydrogen-bond acceptors (Lipinski definition) is 5. The number of hydrogen-bond donors (Lipinski definition) is 2. The van der Waals surface area contributed by atoms with E-state index < -0.39 is 11.9 Å². The Hall–Kier alpha value is -1.15. The molecule has 0 saturated carbocycles. The zero-order valence-electron chi connectivity index (χ0n) is 10.4. The van der Waals surface area contributed by atoms with Crippen LogP contribution in [-0.2, 0) is 5.75 Å². The quantitative estimate of drug-likeness (QED) is 0.847. The van der Waals surface area contributed by atoms with Gasteiger partial charge in [0.15, 0.2) is 0 Å². The van der Waals surface area contributed by atoms with Gasteiger partial charge in [0.2, 0.25) is 0 Å². The van der Waals surface area contributed by atoms with Gasteiger partial charge >= 0.3 is 0 Å². The first kappa shape index (κ1) is 15.2. The first-order chi connectivity index (χ1) is 9.60. The molecule has 1 heterocycles. The first-order valence-corrected chi connectivity index (χ1v) is 7.36. The maximum absolute atomic E-state index is 13.1. The molecule has 2 N–H and O–H groups in total. The molecular weight excluding hydrogens is 305 g/mol. The predicted molar refractivity (Wildman–Crippen MR) is 75.6 cm³/mol. The summed E-state index contributed by atoms with van der Waals surface area (Å²) < 4.78 is 14.6. The van der Waals surface area contributed by atoms with Gasteiger partial charge in [-0.3, -0.25) is 0 Å². The Morgan fingerprint density at radius 3 is 2.95 bits per heavy atom. The van der Waals surface area contributed by atoms with Crippen LogP contribution in [0.1, 0.15) is 5.69 Å². The summed E-state index contributed by atoms with van der Waals surface area (Å²) in [6.45, 7) is -0.256. The number of halogens is 2. The number of aromatic nitrogens is 3. The molecule has 0 amide bonds. The Morgan fingerprint density at radius 1 is 1.45 bits per heavy atom. The molecule has 1 atom stereocenters. The Kier molecular flexibility index (Phi) is 5.36. The van der Waals surface area contributed by atoms with Gasteiger partial charge in [-0.05, 0) is 18.2 Å². The molecule has 5 nitrogen and oxygen atoms in total. The molecule has 0 radical (unpaired) electrons. The number of aliphatic hydroxyl groups excluding tert-OH is 2. The minimum Gasteiger partial charge on any atom is -0.394 e. The van der Waals surface area contributed by atoms with E-state index >= 15 is 0 Å². The maximum atomic E-state index is 13.1. The summed E-state index contributed by atoms with van der Waals surface area (Å²) in [5, 5.41) is 25.8. The molecule has 20 heavy (non-hydrogen) atoms. The van der Waals surface area contributed by atoms with Crippen molar-refractivity contribution in [3.8, 4) is 5.69 Å². The lowest BCUT2D eigenvalue weighted by molar-refractivity contribution is 0.113. The number of thioether (sulfide) groups is 1. The largest absolute Gasteiger partial charge is 0.394 e. The van der Waals surface area contributed by atoms with Crippen LogP contribution in [0.3, 0.4) is 0 Å². The molecule has 0 spiro atoms.